The first-order chi connectivity index (χ1) is 12.7. The maximum absolute atomic E-state index is 9.45. The number of benzene rings is 2. The smallest absolute Gasteiger partial charge is 0.115 e. The molecule has 0 atom stereocenters. The molecule has 2 N–H and O–H groups in total. The van der Waals surface area contributed by atoms with Gasteiger partial charge in [0, 0.05) is 0 Å². The molecule has 2 aromatic rings. The lowest BCUT2D eigenvalue weighted by molar-refractivity contribution is 0.473. The third kappa shape index (κ3) is 8.94. The highest BCUT2D eigenvalue weighted by Crippen LogP contribution is 2.17. The standard InChI is InChI=1S/C24H34O2/c25-23-17-11-15-21(19-23)13-9-7-5-3-1-2-4-6-8-10-14-22-16-12-18-24(26)20-22/h11-12,15-20,25-26H,1-10,13-14H2. The van der Waals surface area contributed by atoms with Crippen molar-refractivity contribution >= 4 is 0 Å². The number of unbranched alkanes of at least 4 members (excludes halogenated alkanes) is 9. The molecule has 0 heterocycles. The molecule has 0 radical (unpaired) electrons. The average molecular weight is 355 g/mol. The minimum absolute atomic E-state index is 0.379. The lowest BCUT2D eigenvalue weighted by Gasteiger charge is -2.04. The Morgan fingerprint density at radius 3 is 1.15 bits per heavy atom. The Hall–Kier alpha value is -1.96. The Kier molecular flexibility index (Phi) is 9.71. The molecule has 0 bridgehead atoms. The minimum Gasteiger partial charge on any atom is -0.508 e. The van der Waals surface area contributed by atoms with Crippen LogP contribution < -0.4 is 0 Å². The van der Waals surface area contributed by atoms with Gasteiger partial charge in [-0.15, -0.1) is 0 Å². The van der Waals surface area contributed by atoms with E-state index in [1.54, 1.807) is 12.1 Å². The predicted octanol–water partition coefficient (Wildman–Crippen LogP) is 6.78. The van der Waals surface area contributed by atoms with Gasteiger partial charge in [-0.25, -0.2) is 0 Å². The number of hydrogen-bond acceptors (Lipinski definition) is 2. The number of hydrogen-bond donors (Lipinski definition) is 2. The normalized spacial score (nSPS) is 10.9. The van der Waals surface area contributed by atoms with Gasteiger partial charge in [0.25, 0.3) is 0 Å². The van der Waals surface area contributed by atoms with E-state index >= 15 is 0 Å². The van der Waals surface area contributed by atoms with E-state index in [0.717, 1.165) is 12.8 Å². The molecule has 2 heteroatoms. The van der Waals surface area contributed by atoms with Crippen molar-refractivity contribution in [3.63, 3.8) is 0 Å². The summed E-state index contributed by atoms with van der Waals surface area (Å²) in [4.78, 5) is 0. The lowest BCUT2D eigenvalue weighted by atomic mass is 10.0. The number of rotatable bonds is 13. The zero-order valence-electron chi connectivity index (χ0n) is 16.0. The van der Waals surface area contributed by atoms with E-state index in [9.17, 15) is 10.2 Å². The molecule has 142 valence electrons. The van der Waals surface area contributed by atoms with E-state index in [0.29, 0.717) is 11.5 Å². The van der Waals surface area contributed by atoms with Crippen LogP contribution in [0.25, 0.3) is 0 Å². The molecule has 0 aliphatic carbocycles. The summed E-state index contributed by atoms with van der Waals surface area (Å²) in [6.45, 7) is 0. The van der Waals surface area contributed by atoms with Gasteiger partial charge in [0.2, 0.25) is 0 Å². The first kappa shape index (κ1) is 20.4. The van der Waals surface area contributed by atoms with Crippen LogP contribution in [-0.4, -0.2) is 10.2 Å². The van der Waals surface area contributed by atoms with Crippen LogP contribution in [-0.2, 0) is 12.8 Å². The molecule has 0 spiro atoms. The Bertz CT molecular complexity index is 566. The van der Waals surface area contributed by atoms with Gasteiger partial charge < -0.3 is 10.2 Å². The van der Waals surface area contributed by atoms with Crippen molar-refractivity contribution in [2.45, 2.75) is 77.0 Å². The van der Waals surface area contributed by atoms with Crippen molar-refractivity contribution in [2.24, 2.45) is 0 Å². The average Bonchev–Trinajstić information content (AvgIpc) is 2.63. The monoisotopic (exact) mass is 354 g/mol. The zero-order valence-corrected chi connectivity index (χ0v) is 16.0. The first-order valence-electron chi connectivity index (χ1n) is 10.3. The van der Waals surface area contributed by atoms with Crippen molar-refractivity contribution in [2.75, 3.05) is 0 Å². The fourth-order valence-electron chi connectivity index (χ4n) is 3.50. The molecule has 0 unspecified atom stereocenters. The van der Waals surface area contributed by atoms with Crippen molar-refractivity contribution in [3.8, 4) is 11.5 Å². The van der Waals surface area contributed by atoms with Crippen LogP contribution in [0.1, 0.15) is 75.3 Å². The van der Waals surface area contributed by atoms with Crippen LogP contribution in [0.2, 0.25) is 0 Å². The van der Waals surface area contributed by atoms with E-state index < -0.39 is 0 Å². The molecular weight excluding hydrogens is 320 g/mol. The molecule has 0 fully saturated rings. The molecule has 2 aromatic carbocycles. The van der Waals surface area contributed by atoms with Crippen LogP contribution in [0.5, 0.6) is 11.5 Å². The van der Waals surface area contributed by atoms with Crippen LogP contribution in [0.3, 0.4) is 0 Å². The number of phenols is 2. The predicted molar refractivity (Wildman–Crippen MR) is 110 cm³/mol. The SMILES string of the molecule is Oc1cccc(CCCCCCCCCCCCc2cccc(O)c2)c1. The zero-order chi connectivity index (χ0) is 18.5. The topological polar surface area (TPSA) is 40.5 Å². The molecule has 0 amide bonds. The van der Waals surface area contributed by atoms with E-state index in [-0.39, 0.29) is 0 Å². The summed E-state index contributed by atoms with van der Waals surface area (Å²) in [6.07, 6.45) is 15.3. The molecule has 0 saturated heterocycles. The third-order valence-corrected chi connectivity index (χ3v) is 5.00. The Morgan fingerprint density at radius 2 is 0.808 bits per heavy atom. The molecule has 0 aliphatic rings. The van der Waals surface area contributed by atoms with Gasteiger partial charge in [-0.3, -0.25) is 0 Å². The Labute approximate surface area is 158 Å². The van der Waals surface area contributed by atoms with Crippen LogP contribution in [0, 0.1) is 0 Å². The van der Waals surface area contributed by atoms with Gasteiger partial charge in [0.05, 0.1) is 0 Å². The maximum Gasteiger partial charge on any atom is 0.115 e. The highest BCUT2D eigenvalue weighted by Gasteiger charge is 1.98. The molecule has 0 aromatic heterocycles. The molecule has 2 nitrogen and oxygen atoms in total. The summed E-state index contributed by atoms with van der Waals surface area (Å²) in [5, 5.41) is 18.9. The van der Waals surface area contributed by atoms with Crippen LogP contribution in [0.15, 0.2) is 48.5 Å². The highest BCUT2D eigenvalue weighted by atomic mass is 16.3. The quantitative estimate of drug-likeness (QED) is 0.389. The lowest BCUT2D eigenvalue weighted by Crippen LogP contribution is -1.87. The molecular formula is C24H34O2. The number of phenolic OH excluding ortho intramolecular Hbond substituents is 2. The van der Waals surface area contributed by atoms with E-state index in [1.165, 1.54) is 75.3 Å². The van der Waals surface area contributed by atoms with E-state index in [4.69, 9.17) is 0 Å². The van der Waals surface area contributed by atoms with Crippen molar-refractivity contribution in [1.29, 1.82) is 0 Å². The third-order valence-electron chi connectivity index (χ3n) is 5.00. The summed E-state index contributed by atoms with van der Waals surface area (Å²) in [6, 6.07) is 15.3. The van der Waals surface area contributed by atoms with Gasteiger partial charge in [-0.2, -0.15) is 0 Å². The van der Waals surface area contributed by atoms with Crippen molar-refractivity contribution < 1.29 is 10.2 Å². The second kappa shape index (κ2) is 12.4. The van der Waals surface area contributed by atoms with Gasteiger partial charge in [-0.05, 0) is 61.1 Å². The molecule has 2 rings (SSSR count). The highest BCUT2D eigenvalue weighted by molar-refractivity contribution is 5.27. The fourth-order valence-corrected chi connectivity index (χ4v) is 3.50. The summed E-state index contributed by atoms with van der Waals surface area (Å²) in [5.74, 6) is 0.758. The largest absolute Gasteiger partial charge is 0.508 e. The summed E-state index contributed by atoms with van der Waals surface area (Å²) in [7, 11) is 0. The van der Waals surface area contributed by atoms with Gasteiger partial charge >= 0.3 is 0 Å². The minimum atomic E-state index is 0.379. The molecule has 26 heavy (non-hydrogen) atoms. The van der Waals surface area contributed by atoms with Crippen LogP contribution in [0.4, 0.5) is 0 Å². The van der Waals surface area contributed by atoms with Crippen molar-refractivity contribution in [3.05, 3.63) is 59.7 Å². The maximum atomic E-state index is 9.45. The van der Waals surface area contributed by atoms with Gasteiger partial charge in [0.1, 0.15) is 11.5 Å². The fraction of sp³-hybridized carbons (Fsp3) is 0.500. The Morgan fingerprint density at radius 1 is 0.462 bits per heavy atom. The Balaban J connectivity index is 1.36. The molecule has 0 aliphatic heterocycles. The summed E-state index contributed by atoms with van der Waals surface area (Å²) in [5.41, 5.74) is 2.49. The summed E-state index contributed by atoms with van der Waals surface area (Å²) >= 11 is 0. The van der Waals surface area contributed by atoms with Gasteiger partial charge in [0.15, 0.2) is 0 Å². The van der Waals surface area contributed by atoms with Gasteiger partial charge in [-0.1, -0.05) is 75.6 Å². The van der Waals surface area contributed by atoms with Crippen molar-refractivity contribution in [1.82, 2.24) is 0 Å². The number of aryl methyl sites for hydroxylation is 2. The first-order valence-corrected chi connectivity index (χ1v) is 10.3. The van der Waals surface area contributed by atoms with E-state index in [2.05, 4.69) is 12.1 Å². The summed E-state index contributed by atoms with van der Waals surface area (Å²) < 4.78 is 0. The number of aromatic hydroxyl groups is 2. The second-order valence-corrected chi connectivity index (χ2v) is 7.38. The van der Waals surface area contributed by atoms with Crippen LogP contribution >= 0.6 is 0 Å². The molecule has 0 saturated carbocycles. The second-order valence-electron chi connectivity index (χ2n) is 7.38. The van der Waals surface area contributed by atoms with E-state index in [1.807, 2.05) is 24.3 Å².